The Kier molecular flexibility index (Phi) is 4.74. The van der Waals surface area contributed by atoms with Crippen LogP contribution in [0.4, 0.5) is 10.7 Å². The molecule has 6 nitrogen and oxygen atoms in total. The fourth-order valence-corrected chi connectivity index (χ4v) is 3.61. The number of hydrogen-bond acceptors (Lipinski definition) is 5. The monoisotopic (exact) mass is 366 g/mol. The van der Waals surface area contributed by atoms with Crippen molar-refractivity contribution in [3.8, 4) is 5.75 Å². The molecule has 0 aliphatic heterocycles. The Balaban J connectivity index is 2.51. The van der Waals surface area contributed by atoms with Gasteiger partial charge in [-0.2, -0.15) is 0 Å². The average Bonchev–Trinajstić information content (AvgIpc) is 2.68. The highest BCUT2D eigenvalue weighted by Gasteiger charge is 2.18. The molecule has 112 valence electrons. The third-order valence-electron chi connectivity index (χ3n) is 2.43. The summed E-state index contributed by atoms with van der Waals surface area (Å²) in [7, 11) is 0. The van der Waals surface area contributed by atoms with Crippen LogP contribution in [0.25, 0.3) is 0 Å². The lowest BCUT2D eigenvalue weighted by Crippen LogP contribution is -2.18. The van der Waals surface area contributed by atoms with Crippen LogP contribution in [0.5, 0.6) is 5.75 Å². The molecule has 0 radical (unpaired) electrons. The van der Waals surface area contributed by atoms with E-state index in [4.69, 9.17) is 28.3 Å². The van der Waals surface area contributed by atoms with Crippen molar-refractivity contribution in [2.24, 2.45) is 0 Å². The Morgan fingerprint density at radius 1 is 1.33 bits per heavy atom. The summed E-state index contributed by atoms with van der Waals surface area (Å²) in [6.45, 7) is 0. The lowest BCUT2D eigenvalue weighted by atomic mass is 10.2. The zero-order valence-electron chi connectivity index (χ0n) is 9.95. The number of rotatable bonds is 4. The molecule has 10 heteroatoms. The molecule has 0 fully saturated rings. The second kappa shape index (κ2) is 6.20. The molecular weight excluding hydrogens is 361 g/mol. The maximum Gasteiger partial charge on any atom is 0.339 e. The highest BCUT2D eigenvalue weighted by Crippen LogP contribution is 2.41. The molecule has 2 aromatic rings. The van der Waals surface area contributed by atoms with Crippen molar-refractivity contribution in [1.29, 1.82) is 0 Å². The lowest BCUT2D eigenvalue weighted by molar-refractivity contribution is 0.0694. The van der Waals surface area contributed by atoms with E-state index in [1.54, 1.807) is 0 Å². The number of carboxylic acids is 1. The van der Waals surface area contributed by atoms with Gasteiger partial charge >= 0.3 is 5.97 Å². The zero-order valence-corrected chi connectivity index (χ0v) is 13.1. The number of aromatic hydroxyl groups is 1. The minimum Gasteiger partial charge on any atom is -0.755 e. The minimum atomic E-state index is -2.71. The summed E-state index contributed by atoms with van der Waals surface area (Å²) in [6, 6.07) is 4.73. The first kappa shape index (κ1) is 16.1. The Bertz CT molecular complexity index is 714. The zero-order chi connectivity index (χ0) is 15.7. The highest BCUT2D eigenvalue weighted by molar-refractivity contribution is 7.81. The Morgan fingerprint density at radius 2 is 2.00 bits per heavy atom. The second-order valence-electron chi connectivity index (χ2n) is 3.72. The van der Waals surface area contributed by atoms with E-state index in [9.17, 15) is 18.7 Å². The molecule has 0 spiro atoms. The van der Waals surface area contributed by atoms with E-state index >= 15 is 0 Å². The Hall–Kier alpha value is -1.32. The van der Waals surface area contributed by atoms with Gasteiger partial charge < -0.3 is 14.8 Å². The summed E-state index contributed by atoms with van der Waals surface area (Å²) in [5, 5.41) is 18.9. The van der Waals surface area contributed by atoms with Crippen LogP contribution in [0.2, 0.25) is 9.36 Å². The average molecular weight is 367 g/mol. The SMILES string of the molecule is O=C(O)c1ccc(N(c2cc(Cl)c(Cl)s2)S(=O)[O-])cc1O. The van der Waals surface area contributed by atoms with Crippen LogP contribution in [0.3, 0.4) is 0 Å². The number of carboxylic acid groups (broad SMARTS) is 1. The van der Waals surface area contributed by atoms with Gasteiger partial charge in [-0.05, 0) is 18.2 Å². The van der Waals surface area contributed by atoms with Crippen LogP contribution in [-0.2, 0) is 11.3 Å². The molecule has 1 aromatic carbocycles. The molecule has 0 saturated heterocycles. The van der Waals surface area contributed by atoms with E-state index in [2.05, 4.69) is 0 Å². The number of benzene rings is 1. The first-order valence-electron chi connectivity index (χ1n) is 5.22. The number of carbonyl (C=O) groups is 1. The molecular formula is C11H6Cl2NO5S2-. The predicted molar refractivity (Wildman–Crippen MR) is 80.5 cm³/mol. The summed E-state index contributed by atoms with van der Waals surface area (Å²) in [5.41, 5.74) is -0.280. The molecule has 2 N–H and O–H groups in total. The van der Waals surface area contributed by atoms with Crippen molar-refractivity contribution in [3.05, 3.63) is 39.2 Å². The van der Waals surface area contributed by atoms with Crippen LogP contribution >= 0.6 is 34.5 Å². The molecule has 0 bridgehead atoms. The Morgan fingerprint density at radius 3 is 2.43 bits per heavy atom. The van der Waals surface area contributed by atoms with Crippen molar-refractivity contribution in [2.45, 2.75) is 0 Å². The highest BCUT2D eigenvalue weighted by atomic mass is 35.5. The Labute approximate surface area is 135 Å². The van der Waals surface area contributed by atoms with Gasteiger partial charge in [-0.25, -0.2) is 4.79 Å². The third kappa shape index (κ3) is 3.30. The molecule has 2 rings (SSSR count). The van der Waals surface area contributed by atoms with E-state index in [1.165, 1.54) is 12.1 Å². The van der Waals surface area contributed by atoms with Crippen LogP contribution < -0.4 is 4.31 Å². The summed E-state index contributed by atoms with van der Waals surface area (Å²) in [6.07, 6.45) is 0. The first-order valence-corrected chi connectivity index (χ1v) is 7.82. The molecule has 21 heavy (non-hydrogen) atoms. The number of halogens is 2. The summed E-state index contributed by atoms with van der Waals surface area (Å²) in [4.78, 5) is 10.8. The number of nitrogens with zero attached hydrogens (tertiary/aromatic N) is 1. The van der Waals surface area contributed by atoms with Gasteiger partial charge in [0.1, 0.15) is 20.7 Å². The number of phenols is 1. The van der Waals surface area contributed by atoms with Crippen LogP contribution in [0.15, 0.2) is 24.3 Å². The van der Waals surface area contributed by atoms with Gasteiger partial charge in [-0.3, -0.25) is 8.51 Å². The molecule has 0 saturated carbocycles. The lowest BCUT2D eigenvalue weighted by Gasteiger charge is -2.24. The largest absolute Gasteiger partial charge is 0.755 e. The molecule has 0 amide bonds. The second-order valence-corrected chi connectivity index (χ2v) is 6.56. The maximum atomic E-state index is 11.4. The smallest absolute Gasteiger partial charge is 0.339 e. The van der Waals surface area contributed by atoms with Crippen molar-refractivity contribution >= 4 is 62.5 Å². The van der Waals surface area contributed by atoms with E-state index < -0.39 is 23.0 Å². The predicted octanol–water partition coefficient (Wildman–Crippen LogP) is 3.39. The topological polar surface area (TPSA) is 101 Å². The summed E-state index contributed by atoms with van der Waals surface area (Å²) >= 11 is 9.81. The van der Waals surface area contributed by atoms with Crippen molar-refractivity contribution in [3.63, 3.8) is 0 Å². The molecule has 1 atom stereocenters. The maximum absolute atomic E-state index is 11.4. The number of thiophene rings is 1. The van der Waals surface area contributed by atoms with Gasteiger partial charge in [-0.1, -0.05) is 23.2 Å². The van der Waals surface area contributed by atoms with Gasteiger partial charge in [0, 0.05) is 6.07 Å². The molecule has 0 aliphatic carbocycles. The van der Waals surface area contributed by atoms with E-state index in [-0.39, 0.29) is 25.6 Å². The normalized spacial score (nSPS) is 12.1. The van der Waals surface area contributed by atoms with Crippen molar-refractivity contribution in [2.75, 3.05) is 4.31 Å². The van der Waals surface area contributed by atoms with Gasteiger partial charge in [0.2, 0.25) is 0 Å². The number of aromatic carboxylic acids is 1. The quantitative estimate of drug-likeness (QED) is 0.807. The van der Waals surface area contributed by atoms with Crippen molar-refractivity contribution in [1.82, 2.24) is 0 Å². The van der Waals surface area contributed by atoms with Gasteiger partial charge in [0.05, 0.1) is 22.0 Å². The van der Waals surface area contributed by atoms with Crippen molar-refractivity contribution < 1.29 is 23.8 Å². The molecule has 0 aliphatic rings. The number of hydrogen-bond donors (Lipinski definition) is 2. The van der Waals surface area contributed by atoms with Crippen LogP contribution in [0, 0.1) is 0 Å². The summed E-state index contributed by atoms with van der Waals surface area (Å²) in [5.74, 6) is -1.87. The first-order chi connectivity index (χ1) is 9.81. The third-order valence-corrected chi connectivity index (χ3v) is 5.10. The van der Waals surface area contributed by atoms with E-state index in [1.807, 2.05) is 0 Å². The van der Waals surface area contributed by atoms with Crippen LogP contribution in [0.1, 0.15) is 10.4 Å². The summed E-state index contributed by atoms with van der Waals surface area (Å²) < 4.78 is 23.9. The van der Waals surface area contributed by atoms with Gasteiger partial charge in [-0.15, -0.1) is 11.3 Å². The van der Waals surface area contributed by atoms with Gasteiger partial charge in [0.15, 0.2) is 0 Å². The van der Waals surface area contributed by atoms with E-state index in [0.717, 1.165) is 27.8 Å². The molecule has 1 heterocycles. The molecule has 1 unspecified atom stereocenters. The minimum absolute atomic E-state index is 0.0559. The van der Waals surface area contributed by atoms with Crippen LogP contribution in [-0.4, -0.2) is 24.9 Å². The molecule has 1 aromatic heterocycles. The number of anilines is 2. The fourth-order valence-electron chi connectivity index (χ4n) is 1.55. The van der Waals surface area contributed by atoms with Gasteiger partial charge in [0.25, 0.3) is 0 Å². The standard InChI is InChI=1S/C11H7Cl2NO5S2/c12-7-4-9(20-10(7)13)14(21(18)19)5-1-2-6(11(16)17)8(15)3-5/h1-4,15H,(H,16,17)(H,18,19)/p-1. The fraction of sp³-hybridized carbons (Fsp3) is 0. The van der Waals surface area contributed by atoms with E-state index in [0.29, 0.717) is 0 Å².